The molecule has 0 saturated heterocycles. The zero-order chi connectivity index (χ0) is 14.5. The number of urea groups is 1. The number of rotatable bonds is 9. The molecule has 0 fully saturated rings. The normalized spacial score (nSPS) is 9.79. The van der Waals surface area contributed by atoms with Crippen LogP contribution >= 0.6 is 0 Å². The Bertz CT molecular complexity index is 295. The fourth-order valence-electron chi connectivity index (χ4n) is 1.25. The first-order valence-corrected chi connectivity index (χ1v) is 6.54. The Morgan fingerprint density at radius 2 is 1.84 bits per heavy atom. The van der Waals surface area contributed by atoms with Gasteiger partial charge < -0.3 is 15.4 Å². The second-order valence-corrected chi connectivity index (χ2v) is 3.89. The minimum Gasteiger partial charge on any atom is -0.466 e. The summed E-state index contributed by atoms with van der Waals surface area (Å²) < 4.78 is 4.76. The van der Waals surface area contributed by atoms with E-state index in [0.717, 1.165) is 6.42 Å². The molecule has 3 amide bonds. The molecule has 0 bridgehead atoms. The lowest BCUT2D eigenvalue weighted by molar-refractivity contribution is -0.143. The predicted octanol–water partition coefficient (Wildman–Crippen LogP) is 0.155. The van der Waals surface area contributed by atoms with Crippen molar-refractivity contribution in [2.24, 2.45) is 0 Å². The van der Waals surface area contributed by atoms with Crippen molar-refractivity contribution in [2.75, 3.05) is 26.2 Å². The van der Waals surface area contributed by atoms with Crippen LogP contribution in [-0.4, -0.2) is 44.1 Å². The van der Waals surface area contributed by atoms with Crippen LogP contribution in [0.5, 0.6) is 0 Å². The number of carbonyl (C=O) groups excluding carboxylic acids is 3. The van der Waals surface area contributed by atoms with Crippen molar-refractivity contribution in [1.29, 1.82) is 0 Å². The molecule has 7 heteroatoms. The Hall–Kier alpha value is -1.63. The summed E-state index contributed by atoms with van der Waals surface area (Å²) in [5, 5.41) is 7.57. The summed E-state index contributed by atoms with van der Waals surface area (Å²) in [5.41, 5.74) is 0. The number of amides is 3. The number of nitrogens with one attached hydrogen (secondary N) is 3. The summed E-state index contributed by atoms with van der Waals surface area (Å²) in [6.45, 7) is 5.15. The highest BCUT2D eigenvalue weighted by molar-refractivity contribution is 5.95. The van der Waals surface area contributed by atoms with Crippen LogP contribution in [0.2, 0.25) is 0 Å². The third-order valence-electron chi connectivity index (χ3n) is 2.11. The maximum absolute atomic E-state index is 11.3. The number of carbonyl (C=O) groups is 3. The summed E-state index contributed by atoms with van der Waals surface area (Å²) in [6, 6.07) is -0.486. The minimum atomic E-state index is -0.486. The highest BCUT2D eigenvalue weighted by Gasteiger charge is 2.06. The molecule has 110 valence electrons. The molecule has 0 radical (unpaired) electrons. The van der Waals surface area contributed by atoms with Crippen molar-refractivity contribution in [3.8, 4) is 0 Å². The van der Waals surface area contributed by atoms with Gasteiger partial charge in [0.1, 0.15) is 0 Å². The van der Waals surface area contributed by atoms with Crippen molar-refractivity contribution in [1.82, 2.24) is 16.0 Å². The molecule has 0 aromatic heterocycles. The average Bonchev–Trinajstić information content (AvgIpc) is 2.36. The Kier molecular flexibility index (Phi) is 10.5. The van der Waals surface area contributed by atoms with Gasteiger partial charge in [0.15, 0.2) is 0 Å². The van der Waals surface area contributed by atoms with Crippen molar-refractivity contribution < 1.29 is 19.1 Å². The van der Waals surface area contributed by atoms with E-state index < -0.39 is 11.9 Å². The summed E-state index contributed by atoms with van der Waals surface area (Å²) >= 11 is 0. The standard InChI is InChI=1S/C12H23N3O4/c1-3-7-14-12(18)15-10(16)9-13-8-5-6-11(17)19-4-2/h13H,3-9H2,1-2H3,(H2,14,15,16,18). The van der Waals surface area contributed by atoms with Crippen LogP contribution in [0.1, 0.15) is 33.1 Å². The van der Waals surface area contributed by atoms with Crippen LogP contribution in [0.15, 0.2) is 0 Å². The molecule has 3 N–H and O–H groups in total. The fraction of sp³-hybridized carbons (Fsp3) is 0.750. The smallest absolute Gasteiger partial charge is 0.321 e. The van der Waals surface area contributed by atoms with Gasteiger partial charge in [-0.3, -0.25) is 14.9 Å². The van der Waals surface area contributed by atoms with Crippen LogP contribution in [0.4, 0.5) is 4.79 Å². The number of esters is 1. The third-order valence-corrected chi connectivity index (χ3v) is 2.11. The molecule has 0 aromatic rings. The van der Waals surface area contributed by atoms with E-state index in [1.165, 1.54) is 0 Å². The molecule has 0 heterocycles. The van der Waals surface area contributed by atoms with Gasteiger partial charge in [-0.05, 0) is 26.3 Å². The van der Waals surface area contributed by atoms with E-state index in [4.69, 9.17) is 4.74 Å². The van der Waals surface area contributed by atoms with Crippen molar-refractivity contribution in [3.63, 3.8) is 0 Å². The number of ether oxygens (including phenoxy) is 1. The maximum Gasteiger partial charge on any atom is 0.321 e. The zero-order valence-electron chi connectivity index (χ0n) is 11.6. The van der Waals surface area contributed by atoms with Gasteiger partial charge in [0.2, 0.25) is 5.91 Å². The van der Waals surface area contributed by atoms with E-state index in [1.54, 1.807) is 6.92 Å². The van der Waals surface area contributed by atoms with Crippen LogP contribution in [0.25, 0.3) is 0 Å². The van der Waals surface area contributed by atoms with E-state index in [2.05, 4.69) is 16.0 Å². The molecule has 0 atom stereocenters. The maximum atomic E-state index is 11.3. The fourth-order valence-corrected chi connectivity index (χ4v) is 1.25. The number of hydrogen-bond donors (Lipinski definition) is 3. The minimum absolute atomic E-state index is 0.0440. The molecule has 0 aliphatic rings. The first-order valence-electron chi connectivity index (χ1n) is 6.54. The van der Waals surface area contributed by atoms with Crippen LogP contribution in [0.3, 0.4) is 0 Å². The first kappa shape index (κ1) is 17.4. The van der Waals surface area contributed by atoms with Gasteiger partial charge in [-0.25, -0.2) is 4.79 Å². The molecule has 0 spiro atoms. The van der Waals surface area contributed by atoms with E-state index in [1.807, 2.05) is 6.92 Å². The summed E-state index contributed by atoms with van der Waals surface area (Å²) in [7, 11) is 0. The molecular formula is C12H23N3O4. The van der Waals surface area contributed by atoms with Crippen LogP contribution < -0.4 is 16.0 Å². The van der Waals surface area contributed by atoms with Gasteiger partial charge >= 0.3 is 12.0 Å². The van der Waals surface area contributed by atoms with Crippen molar-refractivity contribution in [2.45, 2.75) is 33.1 Å². The zero-order valence-corrected chi connectivity index (χ0v) is 11.6. The Morgan fingerprint density at radius 3 is 2.47 bits per heavy atom. The molecular weight excluding hydrogens is 250 g/mol. The Labute approximate surface area is 113 Å². The van der Waals surface area contributed by atoms with Gasteiger partial charge in [-0.2, -0.15) is 0 Å². The lowest BCUT2D eigenvalue weighted by atomic mass is 10.3. The van der Waals surface area contributed by atoms with Gasteiger partial charge in [0.05, 0.1) is 13.2 Å². The molecule has 0 aliphatic heterocycles. The molecule has 7 nitrogen and oxygen atoms in total. The van der Waals surface area contributed by atoms with E-state index in [9.17, 15) is 14.4 Å². The monoisotopic (exact) mass is 273 g/mol. The highest BCUT2D eigenvalue weighted by Crippen LogP contribution is 1.90. The van der Waals surface area contributed by atoms with E-state index in [0.29, 0.717) is 32.5 Å². The summed E-state index contributed by atoms with van der Waals surface area (Å²) in [5.74, 6) is -0.641. The molecule has 0 aliphatic carbocycles. The highest BCUT2D eigenvalue weighted by atomic mass is 16.5. The topological polar surface area (TPSA) is 96.5 Å². The molecule has 0 saturated carbocycles. The van der Waals surface area contributed by atoms with Crippen molar-refractivity contribution >= 4 is 17.9 Å². The molecule has 0 aromatic carbocycles. The largest absolute Gasteiger partial charge is 0.466 e. The molecule has 0 unspecified atom stereocenters. The van der Waals surface area contributed by atoms with Gasteiger partial charge in [0, 0.05) is 13.0 Å². The van der Waals surface area contributed by atoms with Gasteiger partial charge in [-0.1, -0.05) is 6.92 Å². The van der Waals surface area contributed by atoms with Gasteiger partial charge in [-0.15, -0.1) is 0 Å². The third kappa shape index (κ3) is 11.2. The Balaban J connectivity index is 3.48. The van der Waals surface area contributed by atoms with Crippen molar-refractivity contribution in [3.05, 3.63) is 0 Å². The van der Waals surface area contributed by atoms with Crippen LogP contribution in [-0.2, 0) is 14.3 Å². The van der Waals surface area contributed by atoms with Crippen LogP contribution in [0, 0.1) is 0 Å². The molecule has 0 rings (SSSR count). The average molecular weight is 273 g/mol. The lowest BCUT2D eigenvalue weighted by Gasteiger charge is -2.06. The summed E-state index contributed by atoms with van der Waals surface area (Å²) in [6.07, 6.45) is 1.72. The van der Waals surface area contributed by atoms with E-state index >= 15 is 0 Å². The predicted molar refractivity (Wildman–Crippen MR) is 70.6 cm³/mol. The number of hydrogen-bond acceptors (Lipinski definition) is 5. The molecule has 19 heavy (non-hydrogen) atoms. The second kappa shape index (κ2) is 11.5. The quantitative estimate of drug-likeness (QED) is 0.410. The second-order valence-electron chi connectivity index (χ2n) is 3.89. The summed E-state index contributed by atoms with van der Waals surface area (Å²) in [4.78, 5) is 33.4. The Morgan fingerprint density at radius 1 is 1.11 bits per heavy atom. The van der Waals surface area contributed by atoms with Gasteiger partial charge in [0.25, 0.3) is 0 Å². The number of imide groups is 1. The van der Waals surface area contributed by atoms with E-state index in [-0.39, 0.29) is 12.5 Å². The first-order chi connectivity index (χ1) is 9.10. The lowest BCUT2D eigenvalue weighted by Crippen LogP contribution is -2.43. The SMILES string of the molecule is CCCNC(=O)NC(=O)CNCCCC(=O)OCC.